The van der Waals surface area contributed by atoms with Crippen molar-refractivity contribution in [2.75, 3.05) is 32.8 Å². The average Bonchev–Trinajstić information content (AvgIpc) is 0.775. The predicted molar refractivity (Wildman–Crippen MR) is 575 cm³/mol. The number of fused-ring (bicyclic) bond motifs is 24. The van der Waals surface area contributed by atoms with E-state index in [1.54, 1.807) is 0 Å². The van der Waals surface area contributed by atoms with Crippen LogP contribution in [0.4, 0.5) is 0 Å². The molecule has 8 atom stereocenters. The van der Waals surface area contributed by atoms with Crippen LogP contribution in [0.5, 0.6) is 0 Å². The summed E-state index contributed by atoms with van der Waals surface area (Å²) in [5, 5.41) is 0. The highest BCUT2D eigenvalue weighted by Crippen LogP contribution is 3.08. The molecule has 0 amide bonds. The molecule has 7 heteroatoms. The Kier molecular flexibility index (Phi) is 30.6. The Morgan fingerprint density at radius 2 is 0.544 bits per heavy atom. The third kappa shape index (κ3) is 19.8. The van der Waals surface area contributed by atoms with Crippen LogP contribution in [0.1, 0.15) is 556 Å². The first kappa shape index (κ1) is 108. The molecule has 15 aliphatic heterocycles. The lowest BCUT2D eigenvalue weighted by Gasteiger charge is -3.09. The molecule has 15 heterocycles. The molecular weight excluding hydrogens is 1660 g/mol. The van der Waals surface area contributed by atoms with E-state index in [9.17, 15) is 0 Å². The maximum atomic E-state index is 6.27. The van der Waals surface area contributed by atoms with E-state index in [1.807, 2.05) is 0 Å². The normalized spacial score (nSPS) is 46.2. The Balaban J connectivity index is 0.000000108. The molecular formula is C129H229NO6. The van der Waals surface area contributed by atoms with Gasteiger partial charge in [-0.3, -0.25) is 0 Å². The fourth-order valence-corrected chi connectivity index (χ4v) is 38.4. The summed E-state index contributed by atoms with van der Waals surface area (Å²) in [5.74, 6) is 14.1. The smallest absolute Gasteiger partial charge is 0.0870 e. The van der Waals surface area contributed by atoms with Crippen LogP contribution in [0.2, 0.25) is 0 Å². The summed E-state index contributed by atoms with van der Waals surface area (Å²) in [7, 11) is 0. The van der Waals surface area contributed by atoms with Crippen molar-refractivity contribution in [3.63, 3.8) is 0 Å². The number of rotatable bonds is 0. The van der Waals surface area contributed by atoms with Crippen LogP contribution in [0.25, 0.3) is 0 Å². The van der Waals surface area contributed by atoms with Gasteiger partial charge >= 0.3 is 0 Å². The van der Waals surface area contributed by atoms with Gasteiger partial charge in [0.15, 0.2) is 0 Å². The fourth-order valence-electron chi connectivity index (χ4n) is 38.4. The molecule has 0 aromatic rings. The Hall–Kier alpha value is -0.280. The molecule has 22 bridgehead atoms. The molecule has 0 aromatic heterocycles. The van der Waals surface area contributed by atoms with Gasteiger partial charge in [0.25, 0.3) is 0 Å². The largest absolute Gasteiger partial charge is 0.378 e. The minimum absolute atomic E-state index is 0.128. The molecule has 786 valence electrons. The van der Waals surface area contributed by atoms with Gasteiger partial charge in [-0.2, -0.15) is 0 Å². The molecule has 0 aromatic carbocycles. The third-order valence-electron chi connectivity index (χ3n) is 49.8. The lowest BCUT2D eigenvalue weighted by Crippen LogP contribution is -3.07. The number of nitrogens with zero attached hydrogens (tertiary/aromatic N) is 1. The summed E-state index contributed by atoms with van der Waals surface area (Å²) in [6.45, 7) is 85.2. The van der Waals surface area contributed by atoms with Crippen molar-refractivity contribution >= 4 is 0 Å². The molecule has 33 fully saturated rings. The Bertz CT molecular complexity index is 3340. The minimum Gasteiger partial charge on any atom is -0.378 e. The van der Waals surface area contributed by atoms with Crippen molar-refractivity contribution in [3.05, 3.63) is 0 Å². The van der Waals surface area contributed by atoms with Crippen LogP contribution < -0.4 is 0 Å². The van der Waals surface area contributed by atoms with Gasteiger partial charge in [-0.25, -0.2) is 0 Å². The van der Waals surface area contributed by atoms with Gasteiger partial charge in [0.2, 0.25) is 0 Å². The van der Waals surface area contributed by atoms with Crippen molar-refractivity contribution in [2.45, 2.75) is 615 Å². The predicted octanol–water partition coefficient (Wildman–Crippen LogP) is 36.5. The van der Waals surface area contributed by atoms with E-state index in [0.29, 0.717) is 112 Å². The average molecular weight is 1890 g/mol. The van der Waals surface area contributed by atoms with E-state index >= 15 is 0 Å². The van der Waals surface area contributed by atoms with Crippen LogP contribution in [-0.2, 0) is 28.4 Å². The third-order valence-corrected chi connectivity index (χ3v) is 49.8. The van der Waals surface area contributed by atoms with Crippen LogP contribution in [0, 0.1) is 168 Å². The highest BCUT2D eigenvalue weighted by Gasteiger charge is 3.05. The van der Waals surface area contributed by atoms with Gasteiger partial charge in [-0.15, -0.1) is 0 Å². The minimum atomic E-state index is 0.128. The first-order chi connectivity index (χ1) is 62.9. The van der Waals surface area contributed by atoms with Crippen molar-refractivity contribution < 1.29 is 28.4 Å². The first-order valence-electron chi connectivity index (χ1n) is 60.6. The SMILES string of the molecule is CC(C)(C)C12C3C4C5C3C1C5C42.CC(C)(C)C12CC3CC(O1)C(C2)O3.CC(C)(C)C12CCC(CC1)CC2.CC(C)(C)C12CCC(CC1)CO2.CC(C)(C)C12CCC(CC1)OC2.CC(C)(C)C12CCCC(CC1)C2.CC(C)(C)C12CCCC(CC1)CC2.CC(C)(C)C12CCCC(CC1)O2.CC(C)(C)C12CCCC(CCC1)C2.CC(C)(C)C12CCCC(CCC1)O2.CC(C)(C)C12CCN(CC1)CC2. The molecule has 18 saturated carbocycles. The Labute approximate surface area is 844 Å². The standard InChI is InChI=1S/2C13H24.C12H22O.C12H16.2C12H22.C11H21N.C11H18O2.3C11H20O/c1-12(2,3)13-8-4-6-11(10-13)7-5-9-13;1-12(2,3)13-8-4-5-11(6-9-13)7-10-13;1-11(2,3)12-8-4-6-10(13-12)7-5-9-12;1-11(2,3)12-8-5-4-6(8)10(12)7(4)9(5)12;1-11(2,3)12-7-4-10(5-8-12)6-9-12;1-11(2,3)12-7-4-5-10(9-12)6-8-12;1-10(2,3)11-4-7-12(8-5-11)9-6-11;1-10(2,3)11-5-7-4-8(13-11)9(6-11)12-7;1-10(2,3)11-6-4-9(5-7-11)12-8-11;1-10(2,3)11-6-4-9(5-7-11)8-12-11;1-10(2,3)11-7-4-5-9(12-11)6-8-11/h2*11H,4-10H2,1-3H3;10H,4-9H2,1-3H3;4-10H,1-3H3;2*10H,4-9H2,1-3H3;4-9H2,1-3H3;7-9H,4-6H2,1-3H3;3*9H,4-8H2,1-3H3. The fraction of sp³-hybridized carbons (Fsp3) is 1.00. The molecule has 0 N–H and O–H groups in total. The summed E-state index contributed by atoms with van der Waals surface area (Å²) >= 11 is 0. The first-order valence-corrected chi connectivity index (χ1v) is 60.6. The highest BCUT2D eigenvalue weighted by molar-refractivity contribution is 5.51. The quantitative estimate of drug-likeness (QED) is 0.239. The van der Waals surface area contributed by atoms with Crippen LogP contribution in [-0.4, -0.2) is 96.8 Å². The summed E-state index contributed by atoms with van der Waals surface area (Å²) in [6, 6.07) is 0. The van der Waals surface area contributed by atoms with Crippen molar-refractivity contribution in [1.82, 2.24) is 4.90 Å². The molecule has 33 rings (SSSR count). The van der Waals surface area contributed by atoms with Crippen LogP contribution in [0.15, 0.2) is 0 Å². The van der Waals surface area contributed by atoms with Crippen molar-refractivity contribution in [2.24, 2.45) is 168 Å². The van der Waals surface area contributed by atoms with Crippen molar-refractivity contribution in [1.29, 1.82) is 0 Å². The monoisotopic (exact) mass is 1890 g/mol. The van der Waals surface area contributed by atoms with E-state index in [2.05, 4.69) is 233 Å². The molecule has 18 aliphatic carbocycles. The van der Waals surface area contributed by atoms with E-state index in [0.717, 1.165) is 78.3 Å². The molecule has 0 spiro atoms. The maximum absolute atomic E-state index is 6.27. The van der Waals surface area contributed by atoms with Gasteiger partial charge in [-0.1, -0.05) is 280 Å². The molecule has 136 heavy (non-hydrogen) atoms. The van der Waals surface area contributed by atoms with Crippen molar-refractivity contribution in [3.8, 4) is 0 Å². The van der Waals surface area contributed by atoms with Gasteiger partial charge in [0.05, 0.1) is 72.2 Å². The van der Waals surface area contributed by atoms with Crippen LogP contribution >= 0.6 is 0 Å². The van der Waals surface area contributed by atoms with E-state index in [1.165, 1.54) is 369 Å². The molecule has 0 radical (unpaired) electrons. The topological polar surface area (TPSA) is 58.6 Å². The highest BCUT2D eigenvalue weighted by atomic mass is 16.6. The summed E-state index contributed by atoms with van der Waals surface area (Å²) in [6.07, 6.45) is 75.5. The summed E-state index contributed by atoms with van der Waals surface area (Å²) < 4.78 is 36.3. The number of hydrogen-bond donors (Lipinski definition) is 0. The van der Waals surface area contributed by atoms with E-state index < -0.39 is 0 Å². The second-order valence-electron chi connectivity index (χ2n) is 65.6. The van der Waals surface area contributed by atoms with Crippen LogP contribution in [0.3, 0.4) is 0 Å². The molecule has 7 nitrogen and oxygen atoms in total. The Morgan fingerprint density at radius 1 is 0.221 bits per heavy atom. The second kappa shape index (κ2) is 38.3. The zero-order valence-electron chi connectivity index (χ0n) is 96.9. The zero-order valence-corrected chi connectivity index (χ0v) is 96.9. The van der Waals surface area contributed by atoms with Gasteiger partial charge in [-0.05, 0) is 445 Å². The lowest BCUT2D eigenvalue weighted by molar-refractivity contribution is -0.634. The van der Waals surface area contributed by atoms with Gasteiger partial charge in [0, 0.05) is 19.3 Å². The number of hydrogen-bond acceptors (Lipinski definition) is 7. The number of piperidine rings is 3. The summed E-state index contributed by atoms with van der Waals surface area (Å²) in [4.78, 5) is 2.62. The maximum Gasteiger partial charge on any atom is 0.0870 e. The molecule has 15 saturated heterocycles. The van der Waals surface area contributed by atoms with Gasteiger partial charge in [0.1, 0.15) is 0 Å². The van der Waals surface area contributed by atoms with E-state index in [4.69, 9.17) is 28.4 Å². The lowest BCUT2D eigenvalue weighted by atomic mass is 8.94. The summed E-state index contributed by atoms with van der Waals surface area (Å²) in [5.41, 5.74) is 10.8. The van der Waals surface area contributed by atoms with Gasteiger partial charge < -0.3 is 33.3 Å². The second-order valence-corrected chi connectivity index (χ2v) is 65.6. The molecule has 33 aliphatic rings. The van der Waals surface area contributed by atoms with E-state index in [-0.39, 0.29) is 27.8 Å². The molecule has 8 unspecified atom stereocenters. The zero-order chi connectivity index (χ0) is 98.8. The Morgan fingerprint density at radius 3 is 0.853 bits per heavy atom. The number of ether oxygens (including phenoxy) is 6.